The van der Waals surface area contributed by atoms with Gasteiger partial charge in [0.2, 0.25) is 0 Å². The molecule has 0 unspecified atom stereocenters. The smallest absolute Gasteiger partial charge is 0.0981 e. The molecule has 0 aliphatic rings. The molecule has 0 saturated heterocycles. The average Bonchev–Trinajstić information content (AvgIpc) is 2.76. The third-order valence-corrected chi connectivity index (χ3v) is 4.75. The van der Waals surface area contributed by atoms with Crippen LogP contribution in [0, 0.1) is 6.92 Å². The zero-order valence-electron chi connectivity index (χ0n) is 11.7. The quantitative estimate of drug-likeness (QED) is 0.839. The first-order chi connectivity index (χ1) is 8.86. The van der Waals surface area contributed by atoms with Gasteiger partial charge in [-0.15, -0.1) is 11.3 Å². The molecule has 0 aliphatic carbocycles. The number of hydrogen-bond acceptors (Lipinski definition) is 3. The Morgan fingerprint density at radius 2 is 2.05 bits per heavy atom. The van der Waals surface area contributed by atoms with Crippen LogP contribution in [0.3, 0.4) is 0 Å². The number of thiazole rings is 1. The monoisotopic (exact) mass is 338 g/mol. The fourth-order valence-corrected chi connectivity index (χ4v) is 3.13. The molecule has 0 aliphatic heterocycles. The van der Waals surface area contributed by atoms with E-state index in [4.69, 9.17) is 0 Å². The van der Waals surface area contributed by atoms with Crippen LogP contribution in [-0.4, -0.2) is 4.98 Å². The molecule has 1 aromatic heterocycles. The minimum atomic E-state index is 0.135. The largest absolute Gasteiger partial charge is 0.380 e. The van der Waals surface area contributed by atoms with Gasteiger partial charge in [-0.25, -0.2) is 4.98 Å². The van der Waals surface area contributed by atoms with Crippen molar-refractivity contribution < 1.29 is 0 Å². The normalized spacial score (nSPS) is 11.6. The van der Waals surface area contributed by atoms with Crippen LogP contribution >= 0.6 is 27.3 Å². The molecule has 0 spiro atoms. The Hall–Kier alpha value is -0.870. The summed E-state index contributed by atoms with van der Waals surface area (Å²) in [5, 5.41) is 4.66. The Kier molecular flexibility index (Phi) is 4.31. The van der Waals surface area contributed by atoms with E-state index in [1.165, 1.54) is 21.1 Å². The van der Waals surface area contributed by atoms with Crippen molar-refractivity contribution in [2.45, 2.75) is 39.7 Å². The summed E-state index contributed by atoms with van der Waals surface area (Å²) < 4.78 is 1.11. The lowest BCUT2D eigenvalue weighted by Gasteiger charge is -2.13. The molecule has 4 heteroatoms. The molecule has 0 bridgehead atoms. The summed E-state index contributed by atoms with van der Waals surface area (Å²) in [7, 11) is 0. The summed E-state index contributed by atoms with van der Waals surface area (Å²) in [6.45, 7) is 9.53. The lowest BCUT2D eigenvalue weighted by atomic mass is 9.98. The van der Waals surface area contributed by atoms with Crippen molar-refractivity contribution in [1.82, 2.24) is 4.98 Å². The number of aromatic nitrogens is 1. The number of nitrogens with zero attached hydrogens (tertiary/aromatic N) is 1. The van der Waals surface area contributed by atoms with Gasteiger partial charge in [0, 0.05) is 26.6 Å². The number of nitrogens with one attached hydrogen (secondary N) is 1. The van der Waals surface area contributed by atoms with E-state index < -0.39 is 0 Å². The Bertz CT molecular complexity index is 570. The standard InChI is InChI=1S/C15H19BrN2S/c1-10-7-11(16)5-6-13(10)17-8-12-9-18-14(19-12)15(2,3)4/h5-7,9,17H,8H2,1-4H3. The molecule has 102 valence electrons. The molecule has 0 atom stereocenters. The summed E-state index contributed by atoms with van der Waals surface area (Å²) >= 11 is 5.27. The summed E-state index contributed by atoms with van der Waals surface area (Å²) in [5.41, 5.74) is 2.56. The average molecular weight is 339 g/mol. The second kappa shape index (κ2) is 5.63. The Morgan fingerprint density at radius 3 is 2.63 bits per heavy atom. The van der Waals surface area contributed by atoms with E-state index in [1.54, 1.807) is 11.3 Å². The Labute approximate surface area is 127 Å². The third-order valence-electron chi connectivity index (χ3n) is 2.84. The lowest BCUT2D eigenvalue weighted by molar-refractivity contribution is 0.585. The maximum absolute atomic E-state index is 4.51. The van der Waals surface area contributed by atoms with E-state index in [1.807, 2.05) is 6.20 Å². The molecule has 0 radical (unpaired) electrons. The Balaban J connectivity index is 2.04. The SMILES string of the molecule is Cc1cc(Br)ccc1NCc1cnc(C(C)(C)C)s1. The first kappa shape index (κ1) is 14.5. The molecule has 1 heterocycles. The van der Waals surface area contributed by atoms with Crippen molar-refractivity contribution in [1.29, 1.82) is 0 Å². The van der Waals surface area contributed by atoms with E-state index in [2.05, 4.69) is 72.1 Å². The number of anilines is 1. The number of aryl methyl sites for hydroxylation is 1. The third kappa shape index (κ3) is 3.80. The highest BCUT2D eigenvalue weighted by molar-refractivity contribution is 9.10. The zero-order valence-corrected chi connectivity index (χ0v) is 14.2. The van der Waals surface area contributed by atoms with Gasteiger partial charge in [0.05, 0.1) is 11.6 Å². The summed E-state index contributed by atoms with van der Waals surface area (Å²) in [6, 6.07) is 6.28. The van der Waals surface area contributed by atoms with Crippen molar-refractivity contribution in [3.63, 3.8) is 0 Å². The van der Waals surface area contributed by atoms with E-state index in [0.717, 1.165) is 11.0 Å². The van der Waals surface area contributed by atoms with Crippen molar-refractivity contribution in [3.8, 4) is 0 Å². The minimum absolute atomic E-state index is 0.135. The molecule has 2 aromatic rings. The molecule has 0 saturated carbocycles. The molecule has 2 rings (SSSR count). The zero-order chi connectivity index (χ0) is 14.0. The van der Waals surface area contributed by atoms with Crippen LogP contribution in [0.25, 0.3) is 0 Å². The molecule has 0 fully saturated rings. The maximum Gasteiger partial charge on any atom is 0.0981 e. The van der Waals surface area contributed by atoms with Crippen molar-refractivity contribution in [2.24, 2.45) is 0 Å². The molecule has 1 N–H and O–H groups in total. The Morgan fingerprint density at radius 1 is 1.32 bits per heavy atom. The molecule has 19 heavy (non-hydrogen) atoms. The van der Waals surface area contributed by atoms with E-state index in [9.17, 15) is 0 Å². The summed E-state index contributed by atoms with van der Waals surface area (Å²) in [6.07, 6.45) is 1.98. The topological polar surface area (TPSA) is 24.9 Å². The van der Waals surface area contributed by atoms with Crippen LogP contribution in [0.4, 0.5) is 5.69 Å². The van der Waals surface area contributed by atoms with Gasteiger partial charge in [-0.1, -0.05) is 36.7 Å². The van der Waals surface area contributed by atoms with Gasteiger partial charge < -0.3 is 5.32 Å². The van der Waals surface area contributed by atoms with E-state index >= 15 is 0 Å². The number of halogens is 1. The second-order valence-electron chi connectivity index (χ2n) is 5.69. The predicted molar refractivity (Wildman–Crippen MR) is 87.0 cm³/mol. The van der Waals surface area contributed by atoms with Gasteiger partial charge in [-0.2, -0.15) is 0 Å². The van der Waals surface area contributed by atoms with Crippen molar-refractivity contribution >= 4 is 33.0 Å². The molecule has 0 amide bonds. The van der Waals surface area contributed by atoms with Gasteiger partial charge in [0.15, 0.2) is 0 Å². The highest BCUT2D eigenvalue weighted by atomic mass is 79.9. The number of rotatable bonds is 3. The van der Waals surface area contributed by atoms with Crippen molar-refractivity contribution in [2.75, 3.05) is 5.32 Å². The molecule has 2 nitrogen and oxygen atoms in total. The van der Waals surface area contributed by atoms with Crippen LogP contribution in [0.2, 0.25) is 0 Å². The van der Waals surface area contributed by atoms with Crippen LogP contribution in [0.15, 0.2) is 28.9 Å². The summed E-state index contributed by atoms with van der Waals surface area (Å²) in [4.78, 5) is 5.78. The van der Waals surface area contributed by atoms with E-state index in [-0.39, 0.29) is 5.41 Å². The van der Waals surface area contributed by atoms with E-state index in [0.29, 0.717) is 0 Å². The van der Waals surface area contributed by atoms with Gasteiger partial charge in [-0.05, 0) is 30.7 Å². The van der Waals surface area contributed by atoms with Gasteiger partial charge >= 0.3 is 0 Å². The molecular weight excluding hydrogens is 320 g/mol. The fourth-order valence-electron chi connectivity index (χ4n) is 1.74. The highest BCUT2D eigenvalue weighted by Crippen LogP contribution is 2.27. The number of hydrogen-bond donors (Lipinski definition) is 1. The predicted octanol–water partition coefficient (Wildman–Crippen LogP) is 5.12. The molecular formula is C15H19BrN2S. The van der Waals surface area contributed by atoms with Crippen LogP contribution in [0.1, 0.15) is 36.2 Å². The van der Waals surface area contributed by atoms with Crippen LogP contribution in [0.5, 0.6) is 0 Å². The minimum Gasteiger partial charge on any atom is -0.380 e. The molecule has 1 aromatic carbocycles. The van der Waals surface area contributed by atoms with Crippen LogP contribution < -0.4 is 5.32 Å². The summed E-state index contributed by atoms with van der Waals surface area (Å²) in [5.74, 6) is 0. The van der Waals surface area contributed by atoms with Gasteiger partial charge in [-0.3, -0.25) is 0 Å². The fraction of sp³-hybridized carbons (Fsp3) is 0.400. The highest BCUT2D eigenvalue weighted by Gasteiger charge is 2.17. The van der Waals surface area contributed by atoms with Crippen LogP contribution in [-0.2, 0) is 12.0 Å². The lowest BCUT2D eigenvalue weighted by Crippen LogP contribution is -2.09. The first-order valence-corrected chi connectivity index (χ1v) is 7.92. The second-order valence-corrected chi connectivity index (χ2v) is 7.73. The maximum atomic E-state index is 4.51. The number of benzene rings is 1. The van der Waals surface area contributed by atoms with Gasteiger partial charge in [0.25, 0.3) is 0 Å². The first-order valence-electron chi connectivity index (χ1n) is 6.31. The van der Waals surface area contributed by atoms with Crippen molar-refractivity contribution in [3.05, 3.63) is 44.3 Å². The van der Waals surface area contributed by atoms with Gasteiger partial charge in [0.1, 0.15) is 0 Å².